The van der Waals surface area contributed by atoms with Crippen molar-refractivity contribution in [2.24, 2.45) is 0 Å². The Kier molecular flexibility index (Phi) is 5.29. The van der Waals surface area contributed by atoms with Gasteiger partial charge in [-0.05, 0) is 44.5 Å². The van der Waals surface area contributed by atoms with Crippen LogP contribution in [0, 0.1) is 13.8 Å². The SMILES string of the molecule is COc1cccc(C(C)(CC(=O)O)NC(=O)c2cc(C)sc2C)c1. The molecule has 1 aromatic carbocycles. The molecule has 0 bridgehead atoms. The zero-order chi connectivity index (χ0) is 17.9. The van der Waals surface area contributed by atoms with Gasteiger partial charge in [0.1, 0.15) is 5.75 Å². The molecule has 0 saturated heterocycles. The van der Waals surface area contributed by atoms with Crippen molar-refractivity contribution in [3.05, 3.63) is 51.2 Å². The normalized spacial score (nSPS) is 13.2. The van der Waals surface area contributed by atoms with Crippen LogP contribution in [0.1, 0.15) is 39.0 Å². The van der Waals surface area contributed by atoms with Crippen molar-refractivity contribution in [3.8, 4) is 5.75 Å². The maximum atomic E-state index is 12.7. The van der Waals surface area contributed by atoms with Crippen molar-refractivity contribution in [2.75, 3.05) is 7.11 Å². The molecule has 1 amide bonds. The van der Waals surface area contributed by atoms with Crippen LogP contribution in [0.15, 0.2) is 30.3 Å². The number of ether oxygens (including phenoxy) is 1. The van der Waals surface area contributed by atoms with E-state index in [-0.39, 0.29) is 12.3 Å². The van der Waals surface area contributed by atoms with Crippen LogP contribution in [0.4, 0.5) is 0 Å². The number of carbonyl (C=O) groups is 2. The highest BCUT2D eigenvalue weighted by Crippen LogP contribution is 2.29. The topological polar surface area (TPSA) is 75.6 Å². The van der Waals surface area contributed by atoms with Crippen LogP contribution in [0.25, 0.3) is 0 Å². The van der Waals surface area contributed by atoms with Gasteiger partial charge in [0.15, 0.2) is 0 Å². The molecule has 2 rings (SSSR count). The number of aliphatic carboxylic acids is 1. The summed E-state index contributed by atoms with van der Waals surface area (Å²) in [6, 6.07) is 8.91. The van der Waals surface area contributed by atoms with Gasteiger partial charge in [-0.3, -0.25) is 9.59 Å². The zero-order valence-corrected chi connectivity index (χ0v) is 15.0. The summed E-state index contributed by atoms with van der Waals surface area (Å²) in [5, 5.41) is 12.2. The van der Waals surface area contributed by atoms with Crippen LogP contribution in [0.2, 0.25) is 0 Å². The largest absolute Gasteiger partial charge is 0.497 e. The monoisotopic (exact) mass is 347 g/mol. The number of hydrogen-bond acceptors (Lipinski definition) is 4. The lowest BCUT2D eigenvalue weighted by atomic mass is 9.88. The Balaban J connectivity index is 2.38. The summed E-state index contributed by atoms with van der Waals surface area (Å²) < 4.78 is 5.21. The molecule has 0 aliphatic carbocycles. The van der Waals surface area contributed by atoms with Gasteiger partial charge in [-0.15, -0.1) is 11.3 Å². The third kappa shape index (κ3) is 3.94. The molecule has 0 spiro atoms. The van der Waals surface area contributed by atoms with Gasteiger partial charge >= 0.3 is 5.97 Å². The maximum absolute atomic E-state index is 12.7. The van der Waals surface area contributed by atoms with E-state index >= 15 is 0 Å². The standard InChI is InChI=1S/C18H21NO4S/c1-11-8-15(12(2)24-11)17(22)19-18(3,10-16(20)21)13-6-5-7-14(9-13)23-4/h5-9H,10H2,1-4H3,(H,19,22)(H,20,21). The first kappa shape index (κ1) is 18.0. The lowest BCUT2D eigenvalue weighted by molar-refractivity contribution is -0.138. The predicted molar refractivity (Wildman–Crippen MR) is 93.9 cm³/mol. The minimum atomic E-state index is -1.04. The maximum Gasteiger partial charge on any atom is 0.306 e. The van der Waals surface area contributed by atoms with E-state index in [1.807, 2.05) is 19.9 Å². The molecule has 128 valence electrons. The molecular formula is C18H21NO4S. The van der Waals surface area contributed by atoms with Crippen molar-refractivity contribution in [2.45, 2.75) is 32.7 Å². The second-order valence-corrected chi connectivity index (χ2v) is 7.38. The predicted octanol–water partition coefficient (Wildman–Crippen LogP) is 3.49. The number of carboxylic acid groups (broad SMARTS) is 1. The van der Waals surface area contributed by atoms with Crippen molar-refractivity contribution in [1.82, 2.24) is 5.32 Å². The molecular weight excluding hydrogens is 326 g/mol. The minimum Gasteiger partial charge on any atom is -0.497 e. The second-order valence-electron chi connectivity index (χ2n) is 5.92. The van der Waals surface area contributed by atoms with E-state index in [0.29, 0.717) is 16.9 Å². The number of aryl methyl sites for hydroxylation is 2. The summed E-state index contributed by atoms with van der Waals surface area (Å²) in [6.45, 7) is 5.53. The average Bonchev–Trinajstić information content (AvgIpc) is 2.85. The summed E-state index contributed by atoms with van der Waals surface area (Å²) in [6.07, 6.45) is -0.228. The Morgan fingerprint density at radius 2 is 2.00 bits per heavy atom. The smallest absolute Gasteiger partial charge is 0.306 e. The number of benzene rings is 1. The number of methoxy groups -OCH3 is 1. The molecule has 6 heteroatoms. The van der Waals surface area contributed by atoms with Crippen molar-refractivity contribution in [1.29, 1.82) is 0 Å². The van der Waals surface area contributed by atoms with Crippen LogP contribution in [0.5, 0.6) is 5.75 Å². The Morgan fingerprint density at radius 3 is 2.54 bits per heavy atom. The summed E-state index contributed by atoms with van der Waals surface area (Å²) in [5.41, 5.74) is 0.221. The molecule has 0 saturated carbocycles. The molecule has 1 heterocycles. The Hall–Kier alpha value is -2.34. The van der Waals surface area contributed by atoms with Crippen molar-refractivity contribution < 1.29 is 19.4 Å². The van der Waals surface area contributed by atoms with Gasteiger partial charge in [0.05, 0.1) is 24.6 Å². The van der Waals surface area contributed by atoms with Crippen LogP contribution in [0.3, 0.4) is 0 Å². The third-order valence-electron chi connectivity index (χ3n) is 3.89. The van der Waals surface area contributed by atoms with Gasteiger partial charge in [0, 0.05) is 9.75 Å². The van der Waals surface area contributed by atoms with E-state index in [9.17, 15) is 14.7 Å². The lowest BCUT2D eigenvalue weighted by Gasteiger charge is -2.30. The van der Waals surface area contributed by atoms with Crippen LogP contribution < -0.4 is 10.1 Å². The highest BCUT2D eigenvalue weighted by Gasteiger charge is 2.32. The Labute approximate surface area is 145 Å². The van der Waals surface area contributed by atoms with Gasteiger partial charge in [-0.25, -0.2) is 0 Å². The molecule has 0 radical (unpaired) electrons. The molecule has 1 atom stereocenters. The van der Waals surface area contributed by atoms with E-state index < -0.39 is 11.5 Å². The zero-order valence-electron chi connectivity index (χ0n) is 14.2. The quantitative estimate of drug-likeness (QED) is 0.839. The highest BCUT2D eigenvalue weighted by molar-refractivity contribution is 7.12. The number of carboxylic acids is 1. The molecule has 0 aliphatic heterocycles. The summed E-state index contributed by atoms with van der Waals surface area (Å²) in [5.74, 6) is -0.650. The first-order valence-corrected chi connectivity index (χ1v) is 8.32. The van der Waals surface area contributed by atoms with E-state index in [1.54, 1.807) is 49.6 Å². The Bertz CT molecular complexity index is 768. The fourth-order valence-corrected chi connectivity index (χ4v) is 3.58. The first-order chi connectivity index (χ1) is 11.2. The number of carbonyl (C=O) groups excluding carboxylic acids is 1. The summed E-state index contributed by atoms with van der Waals surface area (Å²) in [7, 11) is 1.55. The molecule has 5 nitrogen and oxygen atoms in total. The van der Waals surface area contributed by atoms with Gasteiger partial charge < -0.3 is 15.2 Å². The molecule has 0 fully saturated rings. The number of nitrogens with one attached hydrogen (secondary N) is 1. The third-order valence-corrected chi connectivity index (χ3v) is 4.85. The van der Waals surface area contributed by atoms with Crippen LogP contribution in [-0.2, 0) is 10.3 Å². The molecule has 2 N–H and O–H groups in total. The van der Waals surface area contributed by atoms with Gasteiger partial charge in [0.2, 0.25) is 0 Å². The Morgan fingerprint density at radius 1 is 1.29 bits per heavy atom. The summed E-state index contributed by atoms with van der Waals surface area (Å²) >= 11 is 1.54. The van der Waals surface area contributed by atoms with Gasteiger partial charge in [0.25, 0.3) is 5.91 Å². The average molecular weight is 347 g/mol. The van der Waals surface area contributed by atoms with Crippen LogP contribution in [-0.4, -0.2) is 24.1 Å². The number of rotatable bonds is 6. The van der Waals surface area contributed by atoms with Crippen molar-refractivity contribution >= 4 is 23.2 Å². The molecule has 24 heavy (non-hydrogen) atoms. The van der Waals surface area contributed by atoms with E-state index in [4.69, 9.17) is 4.74 Å². The highest BCUT2D eigenvalue weighted by atomic mass is 32.1. The minimum absolute atomic E-state index is 0.228. The molecule has 1 unspecified atom stereocenters. The first-order valence-electron chi connectivity index (χ1n) is 7.51. The fraction of sp³-hybridized carbons (Fsp3) is 0.333. The molecule has 2 aromatic rings. The van der Waals surface area contributed by atoms with E-state index in [0.717, 1.165) is 9.75 Å². The lowest BCUT2D eigenvalue weighted by Crippen LogP contribution is -2.45. The number of thiophene rings is 1. The van der Waals surface area contributed by atoms with Gasteiger partial charge in [-0.2, -0.15) is 0 Å². The summed E-state index contributed by atoms with van der Waals surface area (Å²) in [4.78, 5) is 26.0. The number of amides is 1. The fourth-order valence-electron chi connectivity index (χ4n) is 2.66. The second kappa shape index (κ2) is 7.05. The van der Waals surface area contributed by atoms with Crippen LogP contribution >= 0.6 is 11.3 Å². The van der Waals surface area contributed by atoms with E-state index in [2.05, 4.69) is 5.32 Å². The molecule has 1 aromatic heterocycles. The van der Waals surface area contributed by atoms with Crippen molar-refractivity contribution in [3.63, 3.8) is 0 Å². The van der Waals surface area contributed by atoms with Gasteiger partial charge in [-0.1, -0.05) is 12.1 Å². The number of hydrogen-bond donors (Lipinski definition) is 2. The molecule has 0 aliphatic rings. The van der Waals surface area contributed by atoms with E-state index in [1.165, 1.54) is 0 Å².